The van der Waals surface area contributed by atoms with E-state index in [1.165, 1.54) is 11.1 Å². The van der Waals surface area contributed by atoms with E-state index in [2.05, 4.69) is 10.3 Å². The van der Waals surface area contributed by atoms with E-state index < -0.39 is 0 Å². The number of nitrogens with zero attached hydrogens (tertiary/aromatic N) is 1. The number of carbonyl (C=O) groups excluding carboxylic acids is 1. The van der Waals surface area contributed by atoms with Crippen molar-refractivity contribution in [1.29, 1.82) is 0 Å². The number of aromatic nitrogens is 1. The molecule has 0 fully saturated rings. The molecule has 1 N–H and O–H groups in total. The van der Waals surface area contributed by atoms with Gasteiger partial charge in [0, 0.05) is 17.8 Å². The second kappa shape index (κ2) is 2.55. The van der Waals surface area contributed by atoms with Crippen molar-refractivity contribution in [1.82, 2.24) is 10.3 Å². The van der Waals surface area contributed by atoms with Crippen molar-refractivity contribution in [2.75, 3.05) is 0 Å². The summed E-state index contributed by atoms with van der Waals surface area (Å²) in [6.45, 7) is 6.66. The molecule has 0 radical (unpaired) electrons. The SMILES string of the molecule is Cc1nc2c(c(C)c1C)CNC2=O. The number of hydrogen-bond donors (Lipinski definition) is 1. The van der Waals surface area contributed by atoms with Crippen LogP contribution >= 0.6 is 0 Å². The van der Waals surface area contributed by atoms with E-state index >= 15 is 0 Å². The summed E-state index contributed by atoms with van der Waals surface area (Å²) >= 11 is 0. The van der Waals surface area contributed by atoms with Gasteiger partial charge in [-0.05, 0) is 31.9 Å². The molecule has 1 aliphatic rings. The number of fused-ring (bicyclic) bond motifs is 1. The highest BCUT2D eigenvalue weighted by atomic mass is 16.2. The quantitative estimate of drug-likeness (QED) is 0.646. The van der Waals surface area contributed by atoms with Gasteiger partial charge in [-0.3, -0.25) is 4.79 Å². The van der Waals surface area contributed by atoms with Crippen LogP contribution in [0.1, 0.15) is 32.9 Å². The summed E-state index contributed by atoms with van der Waals surface area (Å²) in [5.41, 5.74) is 5.01. The molecule has 0 aromatic carbocycles. The van der Waals surface area contributed by atoms with Crippen LogP contribution in [0.15, 0.2) is 0 Å². The maximum absolute atomic E-state index is 11.3. The number of aryl methyl sites for hydroxylation is 1. The normalized spacial score (nSPS) is 14.2. The molecule has 0 saturated heterocycles. The van der Waals surface area contributed by atoms with E-state index in [0.29, 0.717) is 12.2 Å². The predicted molar refractivity (Wildman–Crippen MR) is 49.6 cm³/mol. The molecule has 0 atom stereocenters. The number of hydrogen-bond acceptors (Lipinski definition) is 2. The third-order valence-electron chi connectivity index (χ3n) is 2.76. The molecule has 0 bridgehead atoms. The van der Waals surface area contributed by atoms with Crippen LogP contribution < -0.4 is 5.32 Å². The zero-order chi connectivity index (χ0) is 9.59. The maximum Gasteiger partial charge on any atom is 0.270 e. The summed E-state index contributed by atoms with van der Waals surface area (Å²) < 4.78 is 0. The van der Waals surface area contributed by atoms with Gasteiger partial charge in [0.05, 0.1) is 0 Å². The van der Waals surface area contributed by atoms with Crippen molar-refractivity contribution in [3.8, 4) is 0 Å². The first-order valence-electron chi connectivity index (χ1n) is 4.36. The average Bonchev–Trinajstić information content (AvgIpc) is 2.45. The van der Waals surface area contributed by atoms with Crippen LogP contribution in [0.2, 0.25) is 0 Å². The van der Waals surface area contributed by atoms with Crippen LogP contribution in [-0.4, -0.2) is 10.9 Å². The van der Waals surface area contributed by atoms with Crippen LogP contribution in [0.3, 0.4) is 0 Å². The predicted octanol–water partition coefficient (Wildman–Crippen LogP) is 1.25. The Kier molecular flexibility index (Phi) is 1.62. The molecule has 0 spiro atoms. The van der Waals surface area contributed by atoms with Gasteiger partial charge < -0.3 is 5.32 Å². The lowest BCUT2D eigenvalue weighted by atomic mass is 10.0. The van der Waals surface area contributed by atoms with E-state index in [-0.39, 0.29) is 5.91 Å². The minimum Gasteiger partial charge on any atom is -0.347 e. The molecule has 13 heavy (non-hydrogen) atoms. The first-order valence-corrected chi connectivity index (χ1v) is 4.36. The van der Waals surface area contributed by atoms with Gasteiger partial charge >= 0.3 is 0 Å². The van der Waals surface area contributed by atoms with Crippen LogP contribution in [-0.2, 0) is 6.54 Å². The van der Waals surface area contributed by atoms with E-state index in [1.807, 2.05) is 20.8 Å². The molecule has 3 heteroatoms. The largest absolute Gasteiger partial charge is 0.347 e. The van der Waals surface area contributed by atoms with Gasteiger partial charge in [0.1, 0.15) is 5.69 Å². The lowest BCUT2D eigenvalue weighted by molar-refractivity contribution is 0.0961. The highest BCUT2D eigenvalue weighted by molar-refractivity contribution is 5.96. The summed E-state index contributed by atoms with van der Waals surface area (Å²) in [4.78, 5) is 15.6. The van der Waals surface area contributed by atoms with E-state index in [0.717, 1.165) is 11.3 Å². The average molecular weight is 176 g/mol. The van der Waals surface area contributed by atoms with Gasteiger partial charge in [0.25, 0.3) is 5.91 Å². The molecule has 1 aromatic rings. The van der Waals surface area contributed by atoms with Gasteiger partial charge in [0.2, 0.25) is 0 Å². The Morgan fingerprint density at radius 3 is 2.62 bits per heavy atom. The van der Waals surface area contributed by atoms with Gasteiger partial charge in [-0.2, -0.15) is 0 Å². The van der Waals surface area contributed by atoms with Crippen LogP contribution in [0, 0.1) is 20.8 Å². The van der Waals surface area contributed by atoms with Gasteiger partial charge in [0.15, 0.2) is 0 Å². The van der Waals surface area contributed by atoms with Crippen molar-refractivity contribution in [3.05, 3.63) is 28.1 Å². The molecule has 2 rings (SSSR count). The minimum absolute atomic E-state index is 0.0406. The number of rotatable bonds is 0. The Balaban J connectivity index is 2.74. The van der Waals surface area contributed by atoms with E-state index in [1.54, 1.807) is 0 Å². The molecule has 3 nitrogen and oxygen atoms in total. The van der Waals surface area contributed by atoms with Crippen molar-refractivity contribution in [2.24, 2.45) is 0 Å². The second-order valence-corrected chi connectivity index (χ2v) is 3.46. The highest BCUT2D eigenvalue weighted by Crippen LogP contribution is 2.22. The Labute approximate surface area is 77.2 Å². The Hall–Kier alpha value is -1.38. The summed E-state index contributed by atoms with van der Waals surface area (Å²) in [5.74, 6) is -0.0406. The van der Waals surface area contributed by atoms with Gasteiger partial charge in [-0.25, -0.2) is 4.98 Å². The first kappa shape index (κ1) is 8.23. The molecular weight excluding hydrogens is 164 g/mol. The number of nitrogens with one attached hydrogen (secondary N) is 1. The molecule has 1 aliphatic heterocycles. The Morgan fingerprint density at radius 2 is 1.92 bits per heavy atom. The Bertz CT molecular complexity index is 396. The van der Waals surface area contributed by atoms with Crippen molar-refractivity contribution < 1.29 is 4.79 Å². The molecule has 2 heterocycles. The minimum atomic E-state index is -0.0406. The summed E-state index contributed by atoms with van der Waals surface area (Å²) in [6, 6.07) is 0. The summed E-state index contributed by atoms with van der Waals surface area (Å²) in [7, 11) is 0. The molecule has 0 aliphatic carbocycles. The van der Waals surface area contributed by atoms with Crippen LogP contribution in [0.5, 0.6) is 0 Å². The maximum atomic E-state index is 11.3. The fourth-order valence-corrected chi connectivity index (χ4v) is 1.65. The van der Waals surface area contributed by atoms with Gasteiger partial charge in [-0.1, -0.05) is 0 Å². The third-order valence-corrected chi connectivity index (χ3v) is 2.76. The van der Waals surface area contributed by atoms with Crippen molar-refractivity contribution >= 4 is 5.91 Å². The van der Waals surface area contributed by atoms with Crippen molar-refractivity contribution in [2.45, 2.75) is 27.3 Å². The Morgan fingerprint density at radius 1 is 1.23 bits per heavy atom. The topological polar surface area (TPSA) is 42.0 Å². The van der Waals surface area contributed by atoms with Crippen molar-refractivity contribution in [3.63, 3.8) is 0 Å². The smallest absolute Gasteiger partial charge is 0.270 e. The zero-order valence-corrected chi connectivity index (χ0v) is 8.06. The monoisotopic (exact) mass is 176 g/mol. The summed E-state index contributed by atoms with van der Waals surface area (Å²) in [5, 5.41) is 2.78. The standard InChI is InChI=1S/C10H12N2O/c1-5-6(2)8-4-11-10(13)9(8)12-7(5)3/h4H2,1-3H3,(H,11,13). The molecule has 1 amide bonds. The summed E-state index contributed by atoms with van der Waals surface area (Å²) in [6.07, 6.45) is 0. The van der Waals surface area contributed by atoms with Crippen LogP contribution in [0.4, 0.5) is 0 Å². The number of carbonyl (C=O) groups is 1. The molecule has 0 unspecified atom stereocenters. The van der Waals surface area contributed by atoms with E-state index in [9.17, 15) is 4.79 Å². The molecule has 0 saturated carbocycles. The lowest BCUT2D eigenvalue weighted by Gasteiger charge is -2.07. The molecule has 1 aromatic heterocycles. The number of pyridine rings is 1. The fraction of sp³-hybridized carbons (Fsp3) is 0.400. The number of amides is 1. The first-order chi connectivity index (χ1) is 6.11. The van der Waals surface area contributed by atoms with Crippen LogP contribution in [0.25, 0.3) is 0 Å². The lowest BCUT2D eigenvalue weighted by Crippen LogP contribution is -2.13. The third kappa shape index (κ3) is 1.03. The molecular formula is C10H12N2O. The molecule has 68 valence electrons. The second-order valence-electron chi connectivity index (χ2n) is 3.46. The van der Waals surface area contributed by atoms with Gasteiger partial charge in [-0.15, -0.1) is 0 Å². The highest BCUT2D eigenvalue weighted by Gasteiger charge is 2.23. The van der Waals surface area contributed by atoms with E-state index in [4.69, 9.17) is 0 Å². The fourth-order valence-electron chi connectivity index (χ4n) is 1.65. The zero-order valence-electron chi connectivity index (χ0n) is 8.06.